The van der Waals surface area contributed by atoms with Gasteiger partial charge in [0.25, 0.3) is 0 Å². The van der Waals surface area contributed by atoms with Crippen molar-refractivity contribution in [2.75, 3.05) is 30.9 Å². The van der Waals surface area contributed by atoms with Crippen molar-refractivity contribution in [2.24, 2.45) is 0 Å². The summed E-state index contributed by atoms with van der Waals surface area (Å²) in [7, 11) is 3.65. The molecule has 0 aliphatic rings. The summed E-state index contributed by atoms with van der Waals surface area (Å²) in [6, 6.07) is 5.95. The van der Waals surface area contributed by atoms with Crippen LogP contribution < -0.4 is 10.2 Å². The van der Waals surface area contributed by atoms with Crippen LogP contribution in [0.5, 0.6) is 0 Å². The molecule has 0 aromatic carbocycles. The van der Waals surface area contributed by atoms with Crippen LogP contribution in [0.25, 0.3) is 0 Å². The fraction of sp³-hybridized carbons (Fsp3) is 0.400. The SMILES string of the molecule is CCNc1cc(N(C)Cc2ccncc2)nc(COC)n1. The Labute approximate surface area is 125 Å². The molecular formula is C15H21N5O. The van der Waals surface area contributed by atoms with Crippen LogP contribution in [0.4, 0.5) is 11.6 Å². The predicted octanol–water partition coefficient (Wildman–Crippen LogP) is 2.09. The van der Waals surface area contributed by atoms with Gasteiger partial charge in [0.1, 0.15) is 18.2 Å². The highest BCUT2D eigenvalue weighted by atomic mass is 16.5. The number of ether oxygens (including phenoxy) is 1. The second-order valence-electron chi connectivity index (χ2n) is 4.70. The van der Waals surface area contributed by atoms with E-state index in [-0.39, 0.29) is 0 Å². The lowest BCUT2D eigenvalue weighted by Crippen LogP contribution is -2.19. The fourth-order valence-corrected chi connectivity index (χ4v) is 1.99. The van der Waals surface area contributed by atoms with E-state index < -0.39 is 0 Å². The van der Waals surface area contributed by atoms with E-state index in [1.54, 1.807) is 19.5 Å². The maximum Gasteiger partial charge on any atom is 0.158 e. The summed E-state index contributed by atoms with van der Waals surface area (Å²) in [4.78, 5) is 15.1. The highest BCUT2D eigenvalue weighted by Crippen LogP contribution is 2.17. The lowest BCUT2D eigenvalue weighted by molar-refractivity contribution is 0.178. The highest BCUT2D eigenvalue weighted by molar-refractivity contribution is 5.49. The average Bonchev–Trinajstić information content (AvgIpc) is 2.49. The van der Waals surface area contributed by atoms with Crippen molar-refractivity contribution in [3.63, 3.8) is 0 Å². The molecule has 2 aromatic rings. The lowest BCUT2D eigenvalue weighted by Gasteiger charge is -2.19. The van der Waals surface area contributed by atoms with Crippen molar-refractivity contribution < 1.29 is 4.74 Å². The molecule has 0 radical (unpaired) electrons. The predicted molar refractivity (Wildman–Crippen MR) is 83.3 cm³/mol. The summed E-state index contributed by atoms with van der Waals surface area (Å²) in [5.74, 6) is 2.36. The molecule has 6 nitrogen and oxygen atoms in total. The van der Waals surface area contributed by atoms with E-state index in [0.29, 0.717) is 12.4 Å². The molecule has 2 aromatic heterocycles. The first kappa shape index (κ1) is 15.2. The Morgan fingerprint density at radius 2 is 2.00 bits per heavy atom. The van der Waals surface area contributed by atoms with E-state index in [4.69, 9.17) is 4.74 Å². The van der Waals surface area contributed by atoms with Gasteiger partial charge in [0.15, 0.2) is 5.82 Å². The standard InChI is InChI=1S/C15H21N5O/c1-4-17-13-9-15(19-14(18-13)11-21-3)20(2)10-12-5-7-16-8-6-12/h5-9H,4,10-11H2,1-3H3,(H,17,18,19). The summed E-state index contributed by atoms with van der Waals surface area (Å²) < 4.78 is 5.13. The van der Waals surface area contributed by atoms with E-state index in [1.807, 2.05) is 32.2 Å². The molecule has 0 saturated heterocycles. The highest BCUT2D eigenvalue weighted by Gasteiger charge is 2.09. The van der Waals surface area contributed by atoms with Crippen LogP contribution in [0.3, 0.4) is 0 Å². The first-order chi connectivity index (χ1) is 10.2. The summed E-state index contributed by atoms with van der Waals surface area (Å²) >= 11 is 0. The number of anilines is 2. The Kier molecular flexibility index (Phi) is 5.45. The molecular weight excluding hydrogens is 266 g/mol. The monoisotopic (exact) mass is 287 g/mol. The van der Waals surface area contributed by atoms with Crippen LogP contribution in [0.2, 0.25) is 0 Å². The first-order valence-corrected chi connectivity index (χ1v) is 6.93. The average molecular weight is 287 g/mol. The van der Waals surface area contributed by atoms with Crippen molar-refractivity contribution in [3.05, 3.63) is 42.0 Å². The van der Waals surface area contributed by atoms with Gasteiger partial charge in [0.05, 0.1) is 0 Å². The normalized spacial score (nSPS) is 10.4. The molecule has 0 bridgehead atoms. The van der Waals surface area contributed by atoms with Gasteiger partial charge in [-0.05, 0) is 24.6 Å². The molecule has 0 aliphatic carbocycles. The third kappa shape index (κ3) is 4.39. The van der Waals surface area contributed by atoms with Crippen molar-refractivity contribution in [2.45, 2.75) is 20.1 Å². The Hall–Kier alpha value is -2.21. The minimum Gasteiger partial charge on any atom is -0.377 e. The summed E-state index contributed by atoms with van der Waals surface area (Å²) in [5, 5.41) is 3.22. The number of nitrogens with zero attached hydrogens (tertiary/aromatic N) is 4. The molecule has 0 amide bonds. The molecule has 21 heavy (non-hydrogen) atoms. The molecule has 1 N–H and O–H groups in total. The number of aromatic nitrogens is 3. The molecule has 0 fully saturated rings. The van der Waals surface area contributed by atoms with Crippen LogP contribution >= 0.6 is 0 Å². The third-order valence-corrected chi connectivity index (χ3v) is 2.95. The summed E-state index contributed by atoms with van der Waals surface area (Å²) in [6.07, 6.45) is 3.59. The van der Waals surface area contributed by atoms with E-state index in [9.17, 15) is 0 Å². The van der Waals surface area contributed by atoms with Gasteiger partial charge in [-0.2, -0.15) is 0 Å². The van der Waals surface area contributed by atoms with Crippen molar-refractivity contribution in [1.29, 1.82) is 0 Å². The van der Waals surface area contributed by atoms with Crippen LogP contribution in [0.15, 0.2) is 30.6 Å². The van der Waals surface area contributed by atoms with Gasteiger partial charge >= 0.3 is 0 Å². The van der Waals surface area contributed by atoms with E-state index in [0.717, 1.165) is 24.7 Å². The van der Waals surface area contributed by atoms with Gasteiger partial charge in [-0.25, -0.2) is 9.97 Å². The molecule has 112 valence electrons. The van der Waals surface area contributed by atoms with E-state index >= 15 is 0 Å². The molecule has 2 rings (SSSR count). The Morgan fingerprint density at radius 1 is 1.24 bits per heavy atom. The topological polar surface area (TPSA) is 63.2 Å². The molecule has 0 saturated carbocycles. The van der Waals surface area contributed by atoms with Crippen LogP contribution in [0, 0.1) is 0 Å². The van der Waals surface area contributed by atoms with Gasteiger partial charge in [-0.15, -0.1) is 0 Å². The van der Waals surface area contributed by atoms with Gasteiger partial charge in [-0.1, -0.05) is 0 Å². The zero-order chi connectivity index (χ0) is 15.1. The fourth-order valence-electron chi connectivity index (χ4n) is 1.99. The zero-order valence-electron chi connectivity index (χ0n) is 12.7. The van der Waals surface area contributed by atoms with Crippen molar-refractivity contribution in [3.8, 4) is 0 Å². The van der Waals surface area contributed by atoms with Gasteiger partial charge in [0, 0.05) is 45.7 Å². The zero-order valence-corrected chi connectivity index (χ0v) is 12.7. The van der Waals surface area contributed by atoms with E-state index in [1.165, 1.54) is 5.56 Å². The summed E-state index contributed by atoms with van der Waals surface area (Å²) in [6.45, 7) is 4.02. The first-order valence-electron chi connectivity index (χ1n) is 6.93. The van der Waals surface area contributed by atoms with Crippen LogP contribution in [-0.2, 0) is 17.9 Å². The lowest BCUT2D eigenvalue weighted by atomic mass is 10.2. The molecule has 2 heterocycles. The van der Waals surface area contributed by atoms with Gasteiger partial charge < -0.3 is 15.0 Å². The van der Waals surface area contributed by atoms with Crippen LogP contribution in [0.1, 0.15) is 18.3 Å². The maximum absolute atomic E-state index is 5.13. The number of rotatable bonds is 7. The number of pyridine rings is 1. The molecule has 0 unspecified atom stereocenters. The second kappa shape index (κ2) is 7.54. The number of nitrogens with one attached hydrogen (secondary N) is 1. The van der Waals surface area contributed by atoms with E-state index in [2.05, 4.69) is 25.2 Å². The third-order valence-electron chi connectivity index (χ3n) is 2.95. The van der Waals surface area contributed by atoms with Crippen molar-refractivity contribution >= 4 is 11.6 Å². The minimum atomic E-state index is 0.398. The van der Waals surface area contributed by atoms with Crippen molar-refractivity contribution in [1.82, 2.24) is 15.0 Å². The number of hydrogen-bond donors (Lipinski definition) is 1. The molecule has 0 spiro atoms. The second-order valence-corrected chi connectivity index (χ2v) is 4.70. The van der Waals surface area contributed by atoms with Gasteiger partial charge in [0.2, 0.25) is 0 Å². The smallest absolute Gasteiger partial charge is 0.158 e. The number of hydrogen-bond acceptors (Lipinski definition) is 6. The molecule has 0 aliphatic heterocycles. The maximum atomic E-state index is 5.13. The quantitative estimate of drug-likeness (QED) is 0.841. The molecule has 0 atom stereocenters. The van der Waals surface area contributed by atoms with Crippen LogP contribution in [-0.4, -0.2) is 35.7 Å². The Balaban J connectivity index is 2.20. The minimum absolute atomic E-state index is 0.398. The largest absolute Gasteiger partial charge is 0.377 e. The Bertz CT molecular complexity index is 537. The Morgan fingerprint density at radius 3 is 2.67 bits per heavy atom. The van der Waals surface area contributed by atoms with Gasteiger partial charge in [-0.3, -0.25) is 4.98 Å². The number of methoxy groups -OCH3 is 1. The molecule has 6 heteroatoms. The summed E-state index contributed by atoms with van der Waals surface area (Å²) in [5.41, 5.74) is 1.18.